The first-order valence-electron chi connectivity index (χ1n) is 7.52. The lowest BCUT2D eigenvalue weighted by atomic mass is 10.1. The first-order valence-corrected chi connectivity index (χ1v) is 7.90. The lowest BCUT2D eigenvalue weighted by molar-refractivity contribution is -0.121. The van der Waals surface area contributed by atoms with E-state index in [-0.39, 0.29) is 11.7 Å². The van der Waals surface area contributed by atoms with Crippen molar-refractivity contribution >= 4 is 29.4 Å². The first kappa shape index (κ1) is 17.8. The van der Waals surface area contributed by atoms with E-state index in [0.29, 0.717) is 17.9 Å². The molecular weight excluding hydrogens is 326 g/mol. The van der Waals surface area contributed by atoms with Gasteiger partial charge < -0.3 is 10.0 Å². The van der Waals surface area contributed by atoms with Crippen LogP contribution in [-0.2, 0) is 11.2 Å². The smallest absolute Gasteiger partial charge is 0.240 e. The fourth-order valence-electron chi connectivity index (χ4n) is 2.05. The van der Waals surface area contributed by atoms with E-state index >= 15 is 0 Å². The maximum Gasteiger partial charge on any atom is 0.240 e. The lowest BCUT2D eigenvalue weighted by Crippen LogP contribution is -2.17. The monoisotopic (exact) mass is 345 g/mol. The van der Waals surface area contributed by atoms with E-state index in [2.05, 4.69) is 10.5 Å². The molecular formula is C18H20ClN3O2. The number of carbonyl (C=O) groups excluding carboxylic acids is 1. The summed E-state index contributed by atoms with van der Waals surface area (Å²) in [6.45, 7) is 0. The van der Waals surface area contributed by atoms with Gasteiger partial charge in [-0.2, -0.15) is 5.10 Å². The number of nitrogens with one attached hydrogen (secondary N) is 1. The van der Waals surface area contributed by atoms with Gasteiger partial charge in [0.15, 0.2) is 0 Å². The summed E-state index contributed by atoms with van der Waals surface area (Å²) in [6, 6.07) is 12.4. The zero-order valence-electron chi connectivity index (χ0n) is 13.7. The molecule has 0 aliphatic rings. The van der Waals surface area contributed by atoms with Crippen LogP contribution in [0.4, 0.5) is 5.69 Å². The molecule has 0 fully saturated rings. The van der Waals surface area contributed by atoms with Crippen molar-refractivity contribution in [3.8, 4) is 5.75 Å². The summed E-state index contributed by atoms with van der Waals surface area (Å²) >= 11 is 6.19. The summed E-state index contributed by atoms with van der Waals surface area (Å²) in [4.78, 5) is 13.7. The van der Waals surface area contributed by atoms with Gasteiger partial charge in [-0.25, -0.2) is 5.43 Å². The minimum Gasteiger partial charge on any atom is -0.508 e. The standard InChI is InChI=1S/C18H20ClN3O2/c1-22(2)15-7-6-14(17(19)11-15)12-20-21-18(24)10-5-13-3-8-16(23)9-4-13/h3-4,6-9,11-12,23H,5,10H2,1-2H3,(H,21,24)/b20-12-. The summed E-state index contributed by atoms with van der Waals surface area (Å²) in [7, 11) is 3.88. The zero-order chi connectivity index (χ0) is 17.5. The second kappa shape index (κ2) is 8.36. The number of anilines is 1. The zero-order valence-corrected chi connectivity index (χ0v) is 14.4. The molecule has 0 saturated heterocycles. The number of carbonyl (C=O) groups is 1. The number of hydrogen-bond donors (Lipinski definition) is 2. The fraction of sp³-hybridized carbons (Fsp3) is 0.222. The maximum atomic E-state index is 11.8. The van der Waals surface area contributed by atoms with Crippen molar-refractivity contribution < 1.29 is 9.90 Å². The van der Waals surface area contributed by atoms with Crippen LogP contribution >= 0.6 is 11.6 Å². The van der Waals surface area contributed by atoms with Crippen LogP contribution in [-0.4, -0.2) is 31.3 Å². The van der Waals surface area contributed by atoms with Gasteiger partial charge in [-0.15, -0.1) is 0 Å². The van der Waals surface area contributed by atoms with Gasteiger partial charge in [0.1, 0.15) is 5.75 Å². The fourth-order valence-corrected chi connectivity index (χ4v) is 2.27. The molecule has 0 spiro atoms. The van der Waals surface area contributed by atoms with Crippen LogP contribution in [0.1, 0.15) is 17.5 Å². The Kier molecular flexibility index (Phi) is 6.21. The van der Waals surface area contributed by atoms with E-state index in [1.165, 1.54) is 6.21 Å². The van der Waals surface area contributed by atoms with E-state index in [9.17, 15) is 9.90 Å². The van der Waals surface area contributed by atoms with Crippen LogP contribution in [0.2, 0.25) is 5.02 Å². The van der Waals surface area contributed by atoms with Crippen LogP contribution in [0, 0.1) is 0 Å². The van der Waals surface area contributed by atoms with Crippen molar-refractivity contribution in [3.63, 3.8) is 0 Å². The first-order chi connectivity index (χ1) is 11.5. The van der Waals surface area contributed by atoms with Crippen molar-refractivity contribution in [2.24, 2.45) is 5.10 Å². The highest BCUT2D eigenvalue weighted by Gasteiger charge is 2.03. The van der Waals surface area contributed by atoms with Gasteiger partial charge >= 0.3 is 0 Å². The molecule has 6 heteroatoms. The van der Waals surface area contributed by atoms with Crippen molar-refractivity contribution in [1.29, 1.82) is 0 Å². The number of nitrogens with zero attached hydrogens (tertiary/aromatic N) is 2. The number of hydrazone groups is 1. The Hall–Kier alpha value is -2.53. The van der Waals surface area contributed by atoms with Gasteiger partial charge in [-0.3, -0.25) is 4.79 Å². The molecule has 2 aromatic carbocycles. The van der Waals surface area contributed by atoms with Crippen molar-refractivity contribution in [1.82, 2.24) is 5.43 Å². The third-order valence-electron chi connectivity index (χ3n) is 3.47. The number of rotatable bonds is 6. The molecule has 126 valence electrons. The second-order valence-corrected chi connectivity index (χ2v) is 5.97. The minimum absolute atomic E-state index is 0.180. The highest BCUT2D eigenvalue weighted by molar-refractivity contribution is 6.33. The van der Waals surface area contributed by atoms with Crippen molar-refractivity contribution in [3.05, 3.63) is 58.6 Å². The number of halogens is 1. The molecule has 2 aromatic rings. The van der Waals surface area contributed by atoms with Gasteiger partial charge in [-0.1, -0.05) is 23.7 Å². The average molecular weight is 346 g/mol. The van der Waals surface area contributed by atoms with Gasteiger partial charge in [0.2, 0.25) is 5.91 Å². The van der Waals surface area contributed by atoms with E-state index in [4.69, 9.17) is 11.6 Å². The average Bonchev–Trinajstić information content (AvgIpc) is 2.55. The van der Waals surface area contributed by atoms with E-state index in [1.54, 1.807) is 24.3 Å². The SMILES string of the molecule is CN(C)c1ccc(/C=N\NC(=O)CCc2ccc(O)cc2)c(Cl)c1. The molecule has 0 heterocycles. The summed E-state index contributed by atoms with van der Waals surface area (Å²) < 4.78 is 0. The molecule has 5 nitrogen and oxygen atoms in total. The van der Waals surface area contributed by atoms with E-state index in [1.807, 2.05) is 37.2 Å². The molecule has 24 heavy (non-hydrogen) atoms. The maximum absolute atomic E-state index is 11.8. The van der Waals surface area contributed by atoms with Crippen LogP contribution in [0.3, 0.4) is 0 Å². The number of amides is 1. The number of benzene rings is 2. The highest BCUT2D eigenvalue weighted by Crippen LogP contribution is 2.21. The third-order valence-corrected chi connectivity index (χ3v) is 3.80. The molecule has 0 bridgehead atoms. The quantitative estimate of drug-likeness (QED) is 0.624. The Labute approximate surface area is 146 Å². The van der Waals surface area contributed by atoms with Crippen LogP contribution < -0.4 is 10.3 Å². The lowest BCUT2D eigenvalue weighted by Gasteiger charge is -2.13. The third kappa shape index (κ3) is 5.28. The Morgan fingerprint density at radius 2 is 1.96 bits per heavy atom. The van der Waals surface area contributed by atoms with E-state index in [0.717, 1.165) is 16.8 Å². The summed E-state index contributed by atoms with van der Waals surface area (Å²) in [5.41, 5.74) is 5.20. The molecule has 0 aromatic heterocycles. The number of hydrogen-bond acceptors (Lipinski definition) is 4. The van der Waals surface area contributed by atoms with Crippen LogP contribution in [0.25, 0.3) is 0 Å². The molecule has 0 aliphatic carbocycles. The predicted octanol–water partition coefficient (Wildman–Crippen LogP) is 3.19. The Morgan fingerprint density at radius 3 is 2.58 bits per heavy atom. The van der Waals surface area contributed by atoms with Gasteiger partial charge in [0.05, 0.1) is 11.2 Å². The van der Waals surface area contributed by atoms with Crippen molar-refractivity contribution in [2.75, 3.05) is 19.0 Å². The summed E-state index contributed by atoms with van der Waals surface area (Å²) in [6.07, 6.45) is 2.43. The number of aryl methyl sites for hydroxylation is 1. The molecule has 1 amide bonds. The molecule has 0 unspecified atom stereocenters. The van der Waals surface area contributed by atoms with Gasteiger partial charge in [0.25, 0.3) is 0 Å². The Morgan fingerprint density at radius 1 is 1.25 bits per heavy atom. The summed E-state index contributed by atoms with van der Waals surface area (Å²) in [5.74, 6) is 0.0327. The molecule has 2 N–H and O–H groups in total. The number of phenols is 1. The van der Waals surface area contributed by atoms with Crippen LogP contribution in [0.5, 0.6) is 5.75 Å². The van der Waals surface area contributed by atoms with Crippen LogP contribution in [0.15, 0.2) is 47.6 Å². The summed E-state index contributed by atoms with van der Waals surface area (Å²) in [5, 5.41) is 13.7. The number of phenolic OH excluding ortho intramolecular Hbond substituents is 1. The molecule has 0 aliphatic heterocycles. The largest absolute Gasteiger partial charge is 0.508 e. The second-order valence-electron chi connectivity index (χ2n) is 5.56. The van der Waals surface area contributed by atoms with Crippen molar-refractivity contribution in [2.45, 2.75) is 12.8 Å². The normalized spacial score (nSPS) is 10.8. The Balaban J connectivity index is 1.84. The minimum atomic E-state index is -0.180. The molecule has 2 rings (SSSR count). The Bertz CT molecular complexity index is 728. The molecule has 0 radical (unpaired) electrons. The molecule has 0 atom stereocenters. The van der Waals surface area contributed by atoms with Gasteiger partial charge in [-0.05, 0) is 42.3 Å². The van der Waals surface area contributed by atoms with E-state index < -0.39 is 0 Å². The molecule has 0 saturated carbocycles. The van der Waals surface area contributed by atoms with Gasteiger partial charge in [0, 0.05) is 31.8 Å². The number of aromatic hydroxyl groups is 1. The topological polar surface area (TPSA) is 64.9 Å². The highest BCUT2D eigenvalue weighted by atomic mass is 35.5. The predicted molar refractivity (Wildman–Crippen MR) is 97.9 cm³/mol.